The number of aromatic amines is 1. The van der Waals surface area contributed by atoms with E-state index in [1.807, 2.05) is 24.3 Å². The first-order valence-electron chi connectivity index (χ1n) is 20.8. The van der Waals surface area contributed by atoms with Crippen LogP contribution < -0.4 is 5.73 Å². The summed E-state index contributed by atoms with van der Waals surface area (Å²) in [5.41, 5.74) is 8.29. The van der Waals surface area contributed by atoms with Crippen molar-refractivity contribution in [2.24, 2.45) is 41.4 Å². The summed E-state index contributed by atoms with van der Waals surface area (Å²) >= 11 is 0. The molecule has 2 fully saturated rings. The number of carboxylic acids is 1. The van der Waals surface area contributed by atoms with Crippen LogP contribution >= 0.6 is 0 Å². The summed E-state index contributed by atoms with van der Waals surface area (Å²) in [4.78, 5) is 20.2. The first-order chi connectivity index (χ1) is 26.4. The van der Waals surface area contributed by atoms with Crippen LogP contribution in [0.2, 0.25) is 0 Å². The molecular formula is C45H63N3O7. The number of H-pyrrole nitrogens is 1. The minimum absolute atomic E-state index is 0.0214. The van der Waals surface area contributed by atoms with Gasteiger partial charge < -0.3 is 41.4 Å². The molecule has 10 atom stereocenters. The van der Waals surface area contributed by atoms with E-state index in [0.29, 0.717) is 55.8 Å². The number of phenols is 2. The van der Waals surface area contributed by atoms with E-state index < -0.39 is 23.6 Å². The molecule has 3 aromatic rings. The van der Waals surface area contributed by atoms with Gasteiger partial charge in [-0.15, -0.1) is 0 Å². The zero-order valence-corrected chi connectivity index (χ0v) is 32.4. The standard InChI is InChI=1S/C45H63N3O7/c1-2-3-5-8-28-11-12-30(41(51)20-28)9-6-4-7-10-38(44(53)54)43(52)31-13-15-39-32(19-29-17-18-47-42(46)21-29)22-34(45(39,55)27-31)25-35-14-16-40(48-35)33-23-36(49)26-37(50)24-33/h11-12,14,16-18,21,23-24,26,28,30-32,34,38-39,41,43,48-52,55H,2-10,13,15,19-20,22,25,27H2,1H3,(H2,46,47)(H,53,54). The molecule has 10 nitrogen and oxygen atoms in total. The number of nitrogens with zero attached hydrogens (tertiary/aromatic N) is 1. The molecule has 2 heterocycles. The van der Waals surface area contributed by atoms with Crippen molar-refractivity contribution in [1.29, 1.82) is 0 Å². The Morgan fingerprint density at radius 2 is 1.75 bits per heavy atom. The van der Waals surface area contributed by atoms with E-state index in [1.54, 1.807) is 18.3 Å². The van der Waals surface area contributed by atoms with Gasteiger partial charge in [0.2, 0.25) is 0 Å². The third-order valence-corrected chi connectivity index (χ3v) is 13.3. The minimum atomic E-state index is -1.10. The molecule has 10 unspecified atom stereocenters. The van der Waals surface area contributed by atoms with E-state index in [4.69, 9.17) is 5.73 Å². The number of aromatic hydroxyl groups is 2. The molecule has 0 amide bonds. The van der Waals surface area contributed by atoms with Gasteiger partial charge in [0.1, 0.15) is 17.3 Å². The number of anilines is 1. The Morgan fingerprint density at radius 1 is 0.964 bits per heavy atom. The normalized spacial score (nSPS) is 28.8. The average molecular weight is 758 g/mol. The fourth-order valence-corrected chi connectivity index (χ4v) is 10.4. The van der Waals surface area contributed by atoms with Gasteiger partial charge in [0, 0.05) is 35.1 Å². The molecule has 3 aliphatic carbocycles. The number of fused-ring (bicyclic) bond motifs is 1. The van der Waals surface area contributed by atoms with Crippen molar-refractivity contribution < 1.29 is 35.4 Å². The van der Waals surface area contributed by atoms with Crippen LogP contribution in [0.15, 0.2) is 60.8 Å². The van der Waals surface area contributed by atoms with Crippen molar-refractivity contribution in [1.82, 2.24) is 9.97 Å². The molecule has 0 radical (unpaired) electrons. The number of allylic oxidation sites excluding steroid dienone is 1. The van der Waals surface area contributed by atoms with Gasteiger partial charge in [-0.05, 0) is 136 Å². The highest BCUT2D eigenvalue weighted by atomic mass is 16.4. The second kappa shape index (κ2) is 18.4. The van der Waals surface area contributed by atoms with E-state index in [1.165, 1.54) is 25.3 Å². The summed E-state index contributed by atoms with van der Waals surface area (Å²) in [6.45, 7) is 2.21. The van der Waals surface area contributed by atoms with Crippen molar-refractivity contribution in [2.45, 2.75) is 127 Å². The van der Waals surface area contributed by atoms with Crippen molar-refractivity contribution >= 4 is 11.8 Å². The summed E-state index contributed by atoms with van der Waals surface area (Å²) < 4.78 is 0. The number of pyridine rings is 1. The lowest BCUT2D eigenvalue weighted by atomic mass is 9.64. The van der Waals surface area contributed by atoms with E-state index in [9.17, 15) is 35.4 Å². The number of hydrogen-bond donors (Lipinski definition) is 8. The second-order valence-electron chi connectivity index (χ2n) is 17.1. The maximum atomic E-state index is 12.7. The lowest BCUT2D eigenvalue weighted by molar-refractivity contribution is -0.152. The van der Waals surface area contributed by atoms with E-state index in [2.05, 4.69) is 29.0 Å². The molecule has 0 aliphatic heterocycles. The second-order valence-corrected chi connectivity index (χ2v) is 17.1. The Kier molecular flexibility index (Phi) is 13.6. The van der Waals surface area contributed by atoms with Crippen molar-refractivity contribution in [2.75, 3.05) is 5.73 Å². The topological polar surface area (TPSA) is 193 Å². The molecule has 0 saturated heterocycles. The van der Waals surface area contributed by atoms with Crippen molar-refractivity contribution in [3.8, 4) is 22.8 Å². The Balaban J connectivity index is 1.09. The number of carbonyl (C=O) groups is 1. The first-order valence-corrected chi connectivity index (χ1v) is 20.8. The summed E-state index contributed by atoms with van der Waals surface area (Å²) in [6, 6.07) is 12.2. The van der Waals surface area contributed by atoms with Crippen LogP contribution in [0, 0.1) is 41.4 Å². The summed E-state index contributed by atoms with van der Waals surface area (Å²) in [5, 5.41) is 65.6. The first kappa shape index (κ1) is 40.8. The number of nitrogen functional groups attached to an aromatic ring is 1. The van der Waals surface area contributed by atoms with Crippen LogP contribution in [0.25, 0.3) is 11.3 Å². The number of aliphatic hydroxyl groups excluding tert-OH is 2. The Labute approximate surface area is 325 Å². The molecule has 55 heavy (non-hydrogen) atoms. The Bertz CT molecular complexity index is 1720. The van der Waals surface area contributed by atoms with E-state index in [-0.39, 0.29) is 47.2 Å². The van der Waals surface area contributed by atoms with Gasteiger partial charge in [-0.3, -0.25) is 4.79 Å². The summed E-state index contributed by atoms with van der Waals surface area (Å²) in [6.07, 6.45) is 17.8. The lowest BCUT2D eigenvalue weighted by Gasteiger charge is -2.45. The quantitative estimate of drug-likeness (QED) is 0.0473. The van der Waals surface area contributed by atoms with E-state index in [0.717, 1.165) is 61.9 Å². The molecule has 3 aliphatic rings. The number of hydrogen-bond acceptors (Lipinski definition) is 8. The molecule has 2 saturated carbocycles. The maximum Gasteiger partial charge on any atom is 0.309 e. The number of phenolic OH excluding ortho intramolecular Hbond substituents is 2. The molecule has 0 spiro atoms. The highest BCUT2D eigenvalue weighted by Gasteiger charge is 2.57. The third-order valence-electron chi connectivity index (χ3n) is 13.3. The molecular weight excluding hydrogens is 695 g/mol. The van der Waals surface area contributed by atoms with Gasteiger partial charge in [-0.25, -0.2) is 4.98 Å². The van der Waals surface area contributed by atoms with Crippen LogP contribution in [0.3, 0.4) is 0 Å². The lowest BCUT2D eigenvalue weighted by Crippen LogP contribution is -2.50. The van der Waals surface area contributed by atoms with Crippen LogP contribution in [-0.4, -0.2) is 64.4 Å². The van der Waals surface area contributed by atoms with Gasteiger partial charge in [-0.2, -0.15) is 0 Å². The number of aromatic nitrogens is 2. The zero-order chi connectivity index (χ0) is 39.1. The molecule has 9 N–H and O–H groups in total. The molecule has 2 aromatic heterocycles. The Hall–Kier alpha value is -3.86. The fraction of sp³-hybridized carbons (Fsp3) is 0.600. The van der Waals surface area contributed by atoms with Crippen LogP contribution in [0.1, 0.15) is 108 Å². The van der Waals surface area contributed by atoms with Gasteiger partial charge in [0.05, 0.1) is 23.7 Å². The zero-order valence-electron chi connectivity index (χ0n) is 32.4. The highest BCUT2D eigenvalue weighted by molar-refractivity contribution is 5.70. The molecule has 6 rings (SSSR count). The highest BCUT2D eigenvalue weighted by Crippen LogP contribution is 2.56. The number of benzene rings is 1. The van der Waals surface area contributed by atoms with Gasteiger partial charge in [0.25, 0.3) is 0 Å². The van der Waals surface area contributed by atoms with Crippen LogP contribution in [-0.2, 0) is 17.6 Å². The van der Waals surface area contributed by atoms with Gasteiger partial charge in [-0.1, -0.05) is 57.6 Å². The number of nitrogens with one attached hydrogen (secondary N) is 1. The van der Waals surface area contributed by atoms with E-state index >= 15 is 0 Å². The number of aliphatic hydroxyl groups is 3. The van der Waals surface area contributed by atoms with Crippen molar-refractivity contribution in [3.63, 3.8) is 0 Å². The SMILES string of the molecule is CCCCCC1C=CC(CCCCCC(C(=O)O)C(O)C2CCC3C(Cc4ccnc(N)c4)CC(Cc4ccc(-c5cc(O)cc(O)c5)[nH]4)C3(O)C2)C(O)C1. The summed E-state index contributed by atoms with van der Waals surface area (Å²) in [5.74, 6) is -1.23. The smallest absolute Gasteiger partial charge is 0.309 e. The number of rotatable bonds is 18. The average Bonchev–Trinajstić information content (AvgIpc) is 3.71. The molecule has 1 aromatic carbocycles. The van der Waals surface area contributed by atoms with Crippen LogP contribution in [0.4, 0.5) is 5.82 Å². The minimum Gasteiger partial charge on any atom is -0.508 e. The van der Waals surface area contributed by atoms with Crippen molar-refractivity contribution in [3.05, 3.63) is 72.1 Å². The molecule has 0 bridgehead atoms. The van der Waals surface area contributed by atoms with Crippen LogP contribution in [0.5, 0.6) is 11.5 Å². The third kappa shape index (κ3) is 10.1. The van der Waals surface area contributed by atoms with Gasteiger partial charge in [0.15, 0.2) is 0 Å². The predicted molar refractivity (Wildman–Crippen MR) is 214 cm³/mol. The Morgan fingerprint density at radius 3 is 2.47 bits per heavy atom. The largest absolute Gasteiger partial charge is 0.508 e. The predicted octanol–water partition coefficient (Wildman–Crippen LogP) is 7.78. The molecule has 10 heteroatoms. The number of unbranched alkanes of at least 4 members (excludes halogenated alkanes) is 4. The number of nitrogens with two attached hydrogens (primary N) is 1. The monoisotopic (exact) mass is 757 g/mol. The maximum absolute atomic E-state index is 12.7. The molecule has 300 valence electrons. The number of carboxylic acid groups (broad SMARTS) is 1. The summed E-state index contributed by atoms with van der Waals surface area (Å²) in [7, 11) is 0. The number of aliphatic carboxylic acids is 1. The fourth-order valence-electron chi connectivity index (χ4n) is 10.4. The van der Waals surface area contributed by atoms with Gasteiger partial charge >= 0.3 is 5.97 Å².